The summed E-state index contributed by atoms with van der Waals surface area (Å²) in [6, 6.07) is 0. The maximum atomic E-state index is 2.71. The Kier molecular flexibility index (Phi) is 10.7. The van der Waals surface area contributed by atoms with E-state index in [4.69, 9.17) is 0 Å². The van der Waals surface area contributed by atoms with Crippen LogP contribution in [-0.2, 0) is 0 Å². The molecule has 0 aromatic heterocycles. The molecule has 20 heavy (non-hydrogen) atoms. The van der Waals surface area contributed by atoms with Crippen LogP contribution in [-0.4, -0.2) is 0 Å². The molecule has 0 N–H and O–H groups in total. The van der Waals surface area contributed by atoms with Gasteiger partial charge >= 0.3 is 0 Å². The first-order valence-corrected chi connectivity index (χ1v) is 9.41. The molecule has 0 unspecified atom stereocenters. The van der Waals surface area contributed by atoms with Crippen LogP contribution < -0.4 is 0 Å². The Bertz CT molecular complexity index is 208. The molecule has 0 heterocycles. The average Bonchev–Trinajstić information content (AvgIpc) is 2.50. The Morgan fingerprint density at radius 1 is 0.650 bits per heavy atom. The highest BCUT2D eigenvalue weighted by atomic mass is 14.3. The van der Waals surface area contributed by atoms with E-state index in [2.05, 4.69) is 48.0 Å². The molecule has 0 aliphatic rings. The van der Waals surface area contributed by atoms with Crippen molar-refractivity contribution in [2.24, 2.45) is 10.8 Å². The lowest BCUT2D eigenvalue weighted by molar-refractivity contribution is 0.200. The van der Waals surface area contributed by atoms with Crippen molar-refractivity contribution in [3.8, 4) is 0 Å². The molecule has 0 amide bonds. The van der Waals surface area contributed by atoms with Gasteiger partial charge in [-0.1, -0.05) is 86.5 Å². The maximum absolute atomic E-state index is 2.71. The molecule has 0 aliphatic heterocycles. The molecule has 0 bridgehead atoms. The van der Waals surface area contributed by atoms with Crippen LogP contribution in [0.4, 0.5) is 0 Å². The van der Waals surface area contributed by atoms with Gasteiger partial charge in [0, 0.05) is 0 Å². The second-order valence-electron chi connectivity index (χ2n) is 6.87. The van der Waals surface area contributed by atoms with Gasteiger partial charge in [-0.2, -0.15) is 0 Å². The summed E-state index contributed by atoms with van der Waals surface area (Å²) in [5.41, 5.74) is 1.14. The van der Waals surface area contributed by atoms with Crippen molar-refractivity contribution < 1.29 is 0 Å². The van der Waals surface area contributed by atoms with Crippen LogP contribution in [0.1, 0.15) is 112 Å². The van der Waals surface area contributed by atoms with Crippen molar-refractivity contribution >= 4 is 0 Å². The van der Waals surface area contributed by atoms with Gasteiger partial charge in [0.2, 0.25) is 0 Å². The van der Waals surface area contributed by atoms with E-state index in [0.29, 0.717) is 10.8 Å². The van der Waals surface area contributed by atoms with Gasteiger partial charge in [-0.3, -0.25) is 0 Å². The van der Waals surface area contributed by atoms with Crippen LogP contribution >= 0.6 is 0 Å². The molecule has 0 aliphatic carbocycles. The highest BCUT2D eigenvalue weighted by Gasteiger charge is 2.29. The Hall–Kier alpha value is 0. The minimum absolute atomic E-state index is 0.523. The van der Waals surface area contributed by atoms with E-state index in [1.54, 1.807) is 0 Å². The van der Waals surface area contributed by atoms with Gasteiger partial charge in [0.25, 0.3) is 0 Å². The zero-order valence-electron chi connectivity index (χ0n) is 15.4. The van der Waals surface area contributed by atoms with E-state index in [9.17, 15) is 0 Å². The summed E-state index contributed by atoms with van der Waals surface area (Å²) in [5.74, 6) is 0. The van der Waals surface area contributed by atoms with Crippen molar-refractivity contribution in [3.63, 3.8) is 0 Å². The monoisotopic (exact) mass is 281 g/mol. The van der Waals surface area contributed by atoms with Crippen molar-refractivity contribution in [1.29, 1.82) is 0 Å². The van der Waals surface area contributed by atoms with Gasteiger partial charge in [0.05, 0.1) is 0 Å². The van der Waals surface area contributed by atoms with Gasteiger partial charge in [-0.05, 0) is 42.9 Å². The largest absolute Gasteiger partial charge is 0.0654 e. The van der Waals surface area contributed by atoms with Crippen molar-refractivity contribution in [3.05, 3.63) is 6.42 Å². The van der Waals surface area contributed by atoms with E-state index in [1.165, 1.54) is 70.6 Å². The summed E-state index contributed by atoms with van der Waals surface area (Å²) in [6.45, 7) is 14.2. The molecule has 0 heteroatoms. The molecule has 0 atom stereocenters. The molecule has 0 spiro atoms. The predicted octanol–water partition coefficient (Wildman–Crippen LogP) is 7.57. The van der Waals surface area contributed by atoms with Crippen LogP contribution in [0.5, 0.6) is 0 Å². The number of hydrogen-bond donors (Lipinski definition) is 0. The molecule has 1 radical (unpaired) electrons. The first-order chi connectivity index (χ1) is 9.57. The third kappa shape index (κ3) is 6.19. The topological polar surface area (TPSA) is 0 Å². The molecule has 0 saturated carbocycles. The lowest BCUT2D eigenvalue weighted by Crippen LogP contribution is -2.23. The molecule has 0 fully saturated rings. The van der Waals surface area contributed by atoms with Gasteiger partial charge in [-0.15, -0.1) is 0 Å². The molecule has 121 valence electrons. The van der Waals surface area contributed by atoms with Crippen LogP contribution in [0, 0.1) is 17.3 Å². The molecular formula is C20H41. The third-order valence-electron chi connectivity index (χ3n) is 5.97. The van der Waals surface area contributed by atoms with E-state index >= 15 is 0 Å². The van der Waals surface area contributed by atoms with Gasteiger partial charge in [0.1, 0.15) is 0 Å². The standard InChI is InChI=1S/C20H41/c1-7-13-16-20(11-5,12-6)18-14-17-19(9-3,10-4)15-8-2/h18H,7-17H2,1-6H3. The normalized spacial score (nSPS) is 12.9. The van der Waals surface area contributed by atoms with Gasteiger partial charge in [0.15, 0.2) is 0 Å². The predicted molar refractivity (Wildman–Crippen MR) is 94.0 cm³/mol. The Morgan fingerprint density at radius 2 is 1.25 bits per heavy atom. The Labute approximate surface area is 130 Å². The highest BCUT2D eigenvalue weighted by Crippen LogP contribution is 2.42. The fourth-order valence-corrected chi connectivity index (χ4v) is 3.82. The number of rotatable bonds is 13. The zero-order chi connectivity index (χ0) is 15.5. The van der Waals surface area contributed by atoms with Crippen LogP contribution in [0.3, 0.4) is 0 Å². The van der Waals surface area contributed by atoms with Crippen LogP contribution in [0.25, 0.3) is 0 Å². The Morgan fingerprint density at radius 3 is 1.65 bits per heavy atom. The smallest absolute Gasteiger partial charge is 0.0272 e. The summed E-state index contributed by atoms with van der Waals surface area (Å²) >= 11 is 0. The second kappa shape index (κ2) is 10.7. The second-order valence-corrected chi connectivity index (χ2v) is 6.87. The summed E-state index contributed by atoms with van der Waals surface area (Å²) < 4.78 is 0. The SMILES string of the molecule is CCCCC([CH]CCC(CC)(CC)CCC)(CC)CC. The van der Waals surface area contributed by atoms with Crippen molar-refractivity contribution in [2.45, 2.75) is 112 Å². The van der Waals surface area contributed by atoms with Crippen molar-refractivity contribution in [1.82, 2.24) is 0 Å². The summed E-state index contributed by atoms with van der Waals surface area (Å²) in [4.78, 5) is 0. The Balaban J connectivity index is 4.46. The lowest BCUT2D eigenvalue weighted by atomic mass is 9.70. The minimum atomic E-state index is 0.523. The first-order valence-electron chi connectivity index (χ1n) is 9.41. The van der Waals surface area contributed by atoms with E-state index in [0.717, 1.165) is 0 Å². The molecule has 0 rings (SSSR count). The van der Waals surface area contributed by atoms with E-state index in [1.807, 2.05) is 0 Å². The first kappa shape index (κ1) is 20.0. The molecule has 0 aromatic rings. The van der Waals surface area contributed by atoms with Crippen LogP contribution in [0.2, 0.25) is 0 Å². The van der Waals surface area contributed by atoms with E-state index in [-0.39, 0.29) is 0 Å². The number of hydrogen-bond acceptors (Lipinski definition) is 0. The minimum Gasteiger partial charge on any atom is -0.0654 e. The fraction of sp³-hybridized carbons (Fsp3) is 0.950. The molecule has 0 saturated heterocycles. The van der Waals surface area contributed by atoms with Crippen LogP contribution in [0.15, 0.2) is 0 Å². The lowest BCUT2D eigenvalue weighted by Gasteiger charge is -2.36. The summed E-state index contributed by atoms with van der Waals surface area (Å²) in [5, 5.41) is 0. The molecule has 0 nitrogen and oxygen atoms in total. The average molecular weight is 282 g/mol. The summed E-state index contributed by atoms with van der Waals surface area (Å²) in [7, 11) is 0. The zero-order valence-corrected chi connectivity index (χ0v) is 15.4. The number of unbranched alkanes of at least 4 members (excludes halogenated alkanes) is 1. The summed E-state index contributed by atoms with van der Waals surface area (Å²) in [6.07, 6.45) is 17.7. The maximum Gasteiger partial charge on any atom is -0.0272 e. The molecular weight excluding hydrogens is 240 g/mol. The highest BCUT2D eigenvalue weighted by molar-refractivity contribution is 4.92. The van der Waals surface area contributed by atoms with Gasteiger partial charge < -0.3 is 0 Å². The molecule has 0 aromatic carbocycles. The fourth-order valence-electron chi connectivity index (χ4n) is 3.82. The van der Waals surface area contributed by atoms with Crippen molar-refractivity contribution in [2.75, 3.05) is 0 Å². The third-order valence-corrected chi connectivity index (χ3v) is 5.97. The quantitative estimate of drug-likeness (QED) is 0.326. The van der Waals surface area contributed by atoms with Gasteiger partial charge in [-0.25, -0.2) is 0 Å². The van der Waals surface area contributed by atoms with E-state index < -0.39 is 0 Å².